The molecule has 1 unspecified atom stereocenters. The summed E-state index contributed by atoms with van der Waals surface area (Å²) in [5, 5.41) is 3.12. The molecular formula is C56H100N6O3S3. The second-order valence-electron chi connectivity index (χ2n) is 19.7. The van der Waals surface area contributed by atoms with Gasteiger partial charge in [-0.05, 0) is 77.0 Å². The highest BCUT2D eigenvalue weighted by molar-refractivity contribution is 7.18. The van der Waals surface area contributed by atoms with Crippen LogP contribution in [0, 0.1) is 0 Å². The van der Waals surface area contributed by atoms with Crippen LogP contribution in [-0.4, -0.2) is 73.1 Å². The maximum Gasteiger partial charge on any atom is 0.186 e. The Kier molecular flexibility index (Phi) is 32.2. The van der Waals surface area contributed by atoms with Crippen molar-refractivity contribution in [3.8, 4) is 0 Å². The lowest BCUT2D eigenvalue weighted by Gasteiger charge is -2.29. The summed E-state index contributed by atoms with van der Waals surface area (Å²) in [5.74, 6) is 0. The Morgan fingerprint density at radius 3 is 0.971 bits per heavy atom. The van der Waals surface area contributed by atoms with Crippen molar-refractivity contribution in [3.63, 3.8) is 0 Å². The molecule has 0 saturated carbocycles. The zero-order valence-corrected chi connectivity index (χ0v) is 48.7. The minimum atomic E-state index is -0.0355. The molecule has 0 radical (unpaired) electrons. The molecule has 0 amide bonds. The molecule has 0 fully saturated rings. The van der Waals surface area contributed by atoms with Crippen molar-refractivity contribution in [2.24, 2.45) is 0 Å². The molecule has 0 aliphatic rings. The Morgan fingerprint density at radius 1 is 0.397 bits per heavy atom. The summed E-state index contributed by atoms with van der Waals surface area (Å²) >= 11 is 4.74. The largest absolute Gasteiger partial charge is 0.348 e. The Hall–Kier alpha value is -2.70. The van der Waals surface area contributed by atoms with E-state index in [0.29, 0.717) is 0 Å². The molecule has 3 heterocycles. The minimum Gasteiger partial charge on any atom is -0.348 e. The number of thiazole rings is 3. The van der Waals surface area contributed by atoms with E-state index >= 15 is 0 Å². The molecule has 0 aliphatic heterocycles. The first kappa shape index (κ1) is 63.3. The van der Waals surface area contributed by atoms with Crippen molar-refractivity contribution in [2.45, 2.75) is 249 Å². The summed E-state index contributed by atoms with van der Waals surface area (Å²) in [6, 6.07) is 0. The van der Waals surface area contributed by atoms with E-state index < -0.39 is 0 Å². The van der Waals surface area contributed by atoms with Gasteiger partial charge in [0.25, 0.3) is 0 Å². The lowest BCUT2D eigenvalue weighted by Crippen LogP contribution is -2.27. The molecule has 9 nitrogen and oxygen atoms in total. The van der Waals surface area contributed by atoms with Gasteiger partial charge in [0.15, 0.2) is 34.3 Å². The second-order valence-corrected chi connectivity index (χ2v) is 22.7. The summed E-state index contributed by atoms with van der Waals surface area (Å²) in [5.41, 5.74) is 3.07. The molecule has 1 atom stereocenters. The van der Waals surface area contributed by atoms with E-state index in [2.05, 4.69) is 119 Å². The molecule has 0 spiro atoms. The SMILES string of the molecule is CCCCN(CCCC)c1nc(C(C)(C)CC)c(C=O)s1.CCCCN(CCCC)c1nc(C(C)(CC)CCCC)c(C=O)s1.CCCCN(CCCC)c1nc(C(CC)(CC)CC)c(C=O)s1. The highest BCUT2D eigenvalue weighted by Gasteiger charge is 2.34. The van der Waals surface area contributed by atoms with Gasteiger partial charge in [0.1, 0.15) is 0 Å². The molecule has 68 heavy (non-hydrogen) atoms. The predicted octanol–water partition coefficient (Wildman–Crippen LogP) is 17.1. The zero-order chi connectivity index (χ0) is 51.2. The maximum atomic E-state index is 11.7. The molecule has 0 aromatic carbocycles. The zero-order valence-electron chi connectivity index (χ0n) is 46.2. The van der Waals surface area contributed by atoms with Crippen molar-refractivity contribution in [3.05, 3.63) is 31.7 Å². The number of hydrogen-bond acceptors (Lipinski definition) is 12. The number of aromatic nitrogens is 3. The van der Waals surface area contributed by atoms with Gasteiger partial charge in [-0.3, -0.25) is 14.4 Å². The maximum absolute atomic E-state index is 11.7. The Bertz CT molecular complexity index is 1770. The number of nitrogens with zero attached hydrogens (tertiary/aromatic N) is 6. The fourth-order valence-corrected chi connectivity index (χ4v) is 11.6. The summed E-state index contributed by atoms with van der Waals surface area (Å²) in [6.45, 7) is 39.4. The van der Waals surface area contributed by atoms with Gasteiger partial charge in [-0.25, -0.2) is 15.0 Å². The highest BCUT2D eigenvalue weighted by Crippen LogP contribution is 2.41. The van der Waals surface area contributed by atoms with E-state index in [9.17, 15) is 14.4 Å². The van der Waals surface area contributed by atoms with Crippen molar-refractivity contribution in [2.75, 3.05) is 54.0 Å². The van der Waals surface area contributed by atoms with E-state index in [0.717, 1.165) is 144 Å². The lowest BCUT2D eigenvalue weighted by molar-refractivity contribution is 0.111. The molecule has 390 valence electrons. The molecular weight excluding hydrogens is 901 g/mol. The number of unbranched alkanes of at least 4 members (excludes halogenated alkanes) is 7. The standard InChI is InChI=1S/C20H36N2OS.C19H34N2OS.C17H30N2OS/c1-6-10-13-20(5,9-4)18-17(16-23)24-19(21-18)22(14-11-7-2)15-12-8-3;1-6-11-13-21(14-12-7-2)18-20-17(16(15-22)23-18)19(8-3,9-4)10-5;1-6-9-11-19(12-10-7-2)16-18-15(14(13-20)21-16)17(4,5)8-3/h16H,6-15H2,1-5H3;15H,6-14H2,1-5H3;13H,6-12H2,1-5H3. The summed E-state index contributed by atoms with van der Waals surface area (Å²) in [6.07, 6.45) is 25.8. The Balaban J connectivity index is 0.000000511. The second kappa shape index (κ2) is 34.6. The number of anilines is 3. The van der Waals surface area contributed by atoms with Crippen LogP contribution in [0.2, 0.25) is 0 Å². The van der Waals surface area contributed by atoms with Crippen LogP contribution in [0.1, 0.15) is 278 Å². The molecule has 0 bridgehead atoms. The number of aldehydes is 3. The molecule has 12 heteroatoms. The third kappa shape index (κ3) is 19.1. The van der Waals surface area contributed by atoms with Crippen molar-refractivity contribution < 1.29 is 14.4 Å². The molecule has 3 aromatic rings. The van der Waals surface area contributed by atoms with Gasteiger partial charge in [0.2, 0.25) is 0 Å². The fraction of sp³-hybridized carbons (Fsp3) is 0.786. The summed E-state index contributed by atoms with van der Waals surface area (Å²) in [4.78, 5) is 59.2. The van der Waals surface area contributed by atoms with Crippen molar-refractivity contribution in [1.82, 2.24) is 15.0 Å². The molecule has 3 aromatic heterocycles. The quantitative estimate of drug-likeness (QED) is 0.0533. The monoisotopic (exact) mass is 1000 g/mol. The van der Waals surface area contributed by atoms with Crippen LogP contribution in [0.5, 0.6) is 0 Å². The topological polar surface area (TPSA) is 99.6 Å². The lowest BCUT2D eigenvalue weighted by atomic mass is 9.76. The van der Waals surface area contributed by atoms with Gasteiger partial charge >= 0.3 is 0 Å². The number of carbonyl (C=O) groups excluding carboxylic acids is 3. The average molecular weight is 1000 g/mol. The number of rotatable bonds is 35. The smallest absolute Gasteiger partial charge is 0.186 e. The Labute approximate surface area is 429 Å². The van der Waals surface area contributed by atoms with Crippen LogP contribution >= 0.6 is 34.0 Å². The van der Waals surface area contributed by atoms with E-state index in [4.69, 9.17) is 15.0 Å². The Morgan fingerprint density at radius 2 is 0.691 bits per heavy atom. The van der Waals surface area contributed by atoms with Crippen molar-refractivity contribution >= 4 is 68.3 Å². The number of carbonyl (C=O) groups is 3. The van der Waals surface area contributed by atoms with Gasteiger partial charge in [0, 0.05) is 55.5 Å². The van der Waals surface area contributed by atoms with Crippen LogP contribution in [0.25, 0.3) is 0 Å². The predicted molar refractivity (Wildman–Crippen MR) is 302 cm³/mol. The van der Waals surface area contributed by atoms with E-state index in [1.54, 1.807) is 34.0 Å². The van der Waals surface area contributed by atoms with Crippen LogP contribution in [-0.2, 0) is 16.2 Å². The van der Waals surface area contributed by atoms with E-state index in [-0.39, 0.29) is 16.2 Å². The van der Waals surface area contributed by atoms with Crippen LogP contribution in [0.4, 0.5) is 15.4 Å². The first-order valence-electron chi connectivity index (χ1n) is 27.3. The molecule has 0 saturated heterocycles. The van der Waals surface area contributed by atoms with Crippen molar-refractivity contribution in [1.29, 1.82) is 0 Å². The third-order valence-corrected chi connectivity index (χ3v) is 17.4. The highest BCUT2D eigenvalue weighted by atomic mass is 32.1. The number of hydrogen-bond donors (Lipinski definition) is 0. The van der Waals surface area contributed by atoms with Crippen LogP contribution in [0.3, 0.4) is 0 Å². The summed E-state index contributed by atoms with van der Waals surface area (Å²) in [7, 11) is 0. The van der Waals surface area contributed by atoms with E-state index in [1.165, 1.54) is 89.9 Å². The van der Waals surface area contributed by atoms with Gasteiger partial charge in [0.05, 0.1) is 31.7 Å². The first-order valence-corrected chi connectivity index (χ1v) is 29.8. The van der Waals surface area contributed by atoms with Crippen LogP contribution < -0.4 is 14.7 Å². The molecule has 3 rings (SSSR count). The fourth-order valence-electron chi connectivity index (χ4n) is 8.36. The van der Waals surface area contributed by atoms with Crippen LogP contribution in [0.15, 0.2) is 0 Å². The third-order valence-electron chi connectivity index (χ3n) is 14.2. The first-order chi connectivity index (χ1) is 32.7. The van der Waals surface area contributed by atoms with Gasteiger partial charge in [-0.2, -0.15) is 0 Å². The van der Waals surface area contributed by atoms with Gasteiger partial charge in [-0.1, -0.05) is 189 Å². The normalized spacial score (nSPS) is 12.4. The average Bonchev–Trinajstić information content (AvgIpc) is 4.13. The van der Waals surface area contributed by atoms with Gasteiger partial charge in [-0.15, -0.1) is 0 Å². The van der Waals surface area contributed by atoms with E-state index in [1.807, 2.05) is 0 Å². The minimum absolute atomic E-state index is 0.0161. The molecule has 0 aliphatic carbocycles. The van der Waals surface area contributed by atoms with Gasteiger partial charge < -0.3 is 14.7 Å². The summed E-state index contributed by atoms with van der Waals surface area (Å²) < 4.78 is 0. The molecule has 0 N–H and O–H groups in total.